The molecule has 0 aromatic carbocycles. The Labute approximate surface area is 117 Å². The lowest BCUT2D eigenvalue weighted by molar-refractivity contribution is 0.118. The van der Waals surface area contributed by atoms with E-state index in [-0.39, 0.29) is 0 Å². The highest BCUT2D eigenvalue weighted by Crippen LogP contribution is 2.15. The summed E-state index contributed by atoms with van der Waals surface area (Å²) in [6.45, 7) is 11.5. The molecule has 0 unspecified atom stereocenters. The van der Waals surface area contributed by atoms with Gasteiger partial charge in [0.2, 0.25) is 0 Å². The van der Waals surface area contributed by atoms with Gasteiger partial charge in [-0.05, 0) is 39.9 Å². The largest absolute Gasteiger partial charge is 0.465 e. The monoisotopic (exact) mass is 268 g/mol. The summed E-state index contributed by atoms with van der Waals surface area (Å²) in [6.07, 6.45) is 1.16. The van der Waals surface area contributed by atoms with Crippen LogP contribution in [0.15, 0.2) is 10.5 Å². The maximum Gasteiger partial charge on any atom is 0.118 e. The second-order valence-electron chi connectivity index (χ2n) is 4.91. The van der Waals surface area contributed by atoms with Crippen LogP contribution in [-0.4, -0.2) is 38.3 Å². The predicted octanol–water partition coefficient (Wildman–Crippen LogP) is 2.56. The molecule has 1 heterocycles. The van der Waals surface area contributed by atoms with Gasteiger partial charge in [0.1, 0.15) is 11.5 Å². The summed E-state index contributed by atoms with van der Waals surface area (Å²) in [6, 6.07) is 2.16. The first kappa shape index (κ1) is 16.2. The Balaban J connectivity index is 2.39. The maximum absolute atomic E-state index is 5.80. The highest BCUT2D eigenvalue weighted by atomic mass is 16.5. The summed E-state index contributed by atoms with van der Waals surface area (Å²) < 4.78 is 11.2. The Bertz CT molecular complexity index is 350. The average molecular weight is 268 g/mol. The number of ether oxygens (including phenoxy) is 1. The summed E-state index contributed by atoms with van der Waals surface area (Å²) in [5, 5.41) is 3.41. The van der Waals surface area contributed by atoms with Crippen molar-refractivity contribution in [3.8, 4) is 0 Å². The predicted molar refractivity (Wildman–Crippen MR) is 78.3 cm³/mol. The lowest BCUT2D eigenvalue weighted by atomic mass is 10.2. The van der Waals surface area contributed by atoms with Crippen molar-refractivity contribution in [3.05, 3.63) is 23.2 Å². The molecule has 1 aromatic heterocycles. The van der Waals surface area contributed by atoms with Crippen molar-refractivity contribution in [2.45, 2.75) is 40.3 Å². The Morgan fingerprint density at radius 3 is 2.84 bits per heavy atom. The van der Waals surface area contributed by atoms with E-state index >= 15 is 0 Å². The number of hydrogen-bond donors (Lipinski definition) is 1. The van der Waals surface area contributed by atoms with Gasteiger partial charge in [-0.15, -0.1) is 0 Å². The summed E-state index contributed by atoms with van der Waals surface area (Å²) in [4.78, 5) is 2.22. The molecule has 0 amide bonds. The van der Waals surface area contributed by atoms with E-state index in [9.17, 15) is 0 Å². The third-order valence-electron chi connectivity index (χ3n) is 3.06. The van der Waals surface area contributed by atoms with Gasteiger partial charge in [0.25, 0.3) is 0 Å². The fourth-order valence-corrected chi connectivity index (χ4v) is 1.95. The highest BCUT2D eigenvalue weighted by Gasteiger charge is 2.09. The van der Waals surface area contributed by atoms with Gasteiger partial charge in [0.05, 0.1) is 13.2 Å². The van der Waals surface area contributed by atoms with E-state index in [2.05, 4.69) is 30.3 Å². The van der Waals surface area contributed by atoms with Crippen LogP contribution in [0.3, 0.4) is 0 Å². The van der Waals surface area contributed by atoms with Gasteiger partial charge in [-0.25, -0.2) is 0 Å². The molecule has 4 nitrogen and oxygen atoms in total. The number of furan rings is 1. The summed E-state index contributed by atoms with van der Waals surface area (Å²) in [5.41, 5.74) is 1.27. The van der Waals surface area contributed by atoms with Crippen LogP contribution in [0.2, 0.25) is 0 Å². The molecular weight excluding hydrogens is 240 g/mol. The molecule has 0 atom stereocenters. The van der Waals surface area contributed by atoms with Crippen molar-refractivity contribution in [3.63, 3.8) is 0 Å². The van der Waals surface area contributed by atoms with Gasteiger partial charge in [0, 0.05) is 25.3 Å². The van der Waals surface area contributed by atoms with Gasteiger partial charge < -0.3 is 14.5 Å². The summed E-state index contributed by atoms with van der Waals surface area (Å²) >= 11 is 0. The van der Waals surface area contributed by atoms with Crippen molar-refractivity contribution in [2.24, 2.45) is 0 Å². The normalized spacial score (nSPS) is 11.4. The van der Waals surface area contributed by atoms with Crippen LogP contribution in [0.25, 0.3) is 0 Å². The van der Waals surface area contributed by atoms with E-state index in [0.717, 1.165) is 57.3 Å². The number of hydrogen-bond acceptors (Lipinski definition) is 4. The van der Waals surface area contributed by atoms with Crippen LogP contribution in [0.1, 0.15) is 37.4 Å². The van der Waals surface area contributed by atoms with E-state index in [1.54, 1.807) is 0 Å². The first-order valence-corrected chi connectivity index (χ1v) is 7.22. The molecular formula is C15H28N2O2. The van der Waals surface area contributed by atoms with Crippen LogP contribution >= 0.6 is 0 Å². The molecule has 4 heteroatoms. The molecule has 0 radical (unpaired) electrons. The van der Waals surface area contributed by atoms with Crippen molar-refractivity contribution in [1.29, 1.82) is 0 Å². The topological polar surface area (TPSA) is 37.6 Å². The Morgan fingerprint density at radius 2 is 2.16 bits per heavy atom. The zero-order chi connectivity index (χ0) is 14.1. The molecule has 0 saturated carbocycles. The van der Waals surface area contributed by atoms with E-state index in [4.69, 9.17) is 9.15 Å². The summed E-state index contributed by atoms with van der Waals surface area (Å²) in [5.74, 6) is 2.06. The minimum atomic E-state index is 0.775. The number of aryl methyl sites for hydroxylation is 1. The van der Waals surface area contributed by atoms with Gasteiger partial charge in [-0.3, -0.25) is 4.90 Å². The first-order chi connectivity index (χ1) is 9.17. The standard InChI is InChI=1S/C15H28N2O2/c1-5-7-16-11-14-10-15(19-13(14)3)12-17(4)8-9-18-6-2/h10,16H,5-9,11-12H2,1-4H3. The molecule has 0 aliphatic rings. The van der Waals surface area contributed by atoms with Gasteiger partial charge in [-0.2, -0.15) is 0 Å². The van der Waals surface area contributed by atoms with Crippen LogP contribution < -0.4 is 5.32 Å². The van der Waals surface area contributed by atoms with Crippen molar-refractivity contribution >= 4 is 0 Å². The van der Waals surface area contributed by atoms with Crippen LogP contribution in [0.5, 0.6) is 0 Å². The van der Waals surface area contributed by atoms with Gasteiger partial charge in [-0.1, -0.05) is 6.92 Å². The van der Waals surface area contributed by atoms with E-state index in [1.807, 2.05) is 13.8 Å². The van der Waals surface area contributed by atoms with Gasteiger partial charge >= 0.3 is 0 Å². The third-order valence-corrected chi connectivity index (χ3v) is 3.06. The van der Waals surface area contributed by atoms with Crippen molar-refractivity contribution in [1.82, 2.24) is 10.2 Å². The third kappa shape index (κ3) is 6.23. The molecule has 0 bridgehead atoms. The highest BCUT2D eigenvalue weighted by molar-refractivity contribution is 5.20. The van der Waals surface area contributed by atoms with Crippen LogP contribution in [-0.2, 0) is 17.8 Å². The quantitative estimate of drug-likeness (QED) is 0.662. The molecule has 0 spiro atoms. The smallest absolute Gasteiger partial charge is 0.118 e. The van der Waals surface area contributed by atoms with Crippen LogP contribution in [0.4, 0.5) is 0 Å². The molecule has 1 aromatic rings. The molecule has 0 fully saturated rings. The fourth-order valence-electron chi connectivity index (χ4n) is 1.95. The summed E-state index contributed by atoms with van der Waals surface area (Å²) in [7, 11) is 2.09. The number of rotatable bonds is 10. The second kappa shape index (κ2) is 9.13. The SMILES string of the molecule is CCCNCc1cc(CN(C)CCOCC)oc1C. The molecule has 0 saturated heterocycles. The Hall–Kier alpha value is -0.840. The average Bonchev–Trinajstić information content (AvgIpc) is 2.70. The van der Waals surface area contributed by atoms with Crippen LogP contribution in [0, 0.1) is 6.92 Å². The van der Waals surface area contributed by atoms with Crippen molar-refractivity contribution < 1.29 is 9.15 Å². The van der Waals surface area contributed by atoms with E-state index in [0.29, 0.717) is 0 Å². The lowest BCUT2D eigenvalue weighted by Gasteiger charge is -2.14. The molecule has 110 valence electrons. The molecule has 0 aliphatic heterocycles. The first-order valence-electron chi connectivity index (χ1n) is 7.22. The number of likely N-dealkylation sites (N-methyl/N-ethyl adjacent to an activating group) is 1. The Morgan fingerprint density at radius 1 is 1.37 bits per heavy atom. The number of nitrogens with one attached hydrogen (secondary N) is 1. The maximum atomic E-state index is 5.80. The minimum Gasteiger partial charge on any atom is -0.465 e. The zero-order valence-electron chi connectivity index (χ0n) is 12.8. The second-order valence-corrected chi connectivity index (χ2v) is 4.91. The van der Waals surface area contributed by atoms with E-state index in [1.165, 1.54) is 5.56 Å². The van der Waals surface area contributed by atoms with Gasteiger partial charge in [0.15, 0.2) is 0 Å². The lowest BCUT2D eigenvalue weighted by Crippen LogP contribution is -2.22. The minimum absolute atomic E-state index is 0.775. The zero-order valence-corrected chi connectivity index (χ0v) is 12.8. The molecule has 1 rings (SSSR count). The molecule has 1 N–H and O–H groups in total. The number of nitrogens with zero attached hydrogens (tertiary/aromatic N) is 1. The Kier molecular flexibility index (Phi) is 7.79. The molecule has 19 heavy (non-hydrogen) atoms. The molecule has 0 aliphatic carbocycles. The fraction of sp³-hybridized carbons (Fsp3) is 0.733. The van der Waals surface area contributed by atoms with Crippen molar-refractivity contribution in [2.75, 3.05) is 33.4 Å². The van der Waals surface area contributed by atoms with E-state index < -0.39 is 0 Å².